The Bertz CT molecular complexity index is 1110. The largest absolute Gasteiger partial charge is 0.449 e. The van der Waals surface area contributed by atoms with E-state index in [0.717, 1.165) is 43.4 Å². The van der Waals surface area contributed by atoms with Gasteiger partial charge in [0, 0.05) is 31.2 Å². The van der Waals surface area contributed by atoms with Crippen molar-refractivity contribution in [2.75, 3.05) is 19.6 Å². The van der Waals surface area contributed by atoms with Crippen LogP contribution in [0.25, 0.3) is 11.0 Å². The molecule has 31 heavy (non-hydrogen) atoms. The van der Waals surface area contributed by atoms with Gasteiger partial charge in [0.15, 0.2) is 11.3 Å². The first-order chi connectivity index (χ1) is 15.0. The summed E-state index contributed by atoms with van der Waals surface area (Å²) in [5.41, 5.74) is 2.20. The van der Waals surface area contributed by atoms with Gasteiger partial charge in [-0.25, -0.2) is 0 Å². The zero-order valence-electron chi connectivity index (χ0n) is 17.8. The summed E-state index contributed by atoms with van der Waals surface area (Å²) in [6.45, 7) is 5.86. The topological polar surface area (TPSA) is 101 Å². The zero-order valence-corrected chi connectivity index (χ0v) is 17.8. The van der Waals surface area contributed by atoms with E-state index >= 15 is 0 Å². The van der Waals surface area contributed by atoms with Crippen LogP contribution in [0.5, 0.6) is 0 Å². The number of fused-ring (bicyclic) bond motifs is 1. The molecular formula is C23H26N4O4. The van der Waals surface area contributed by atoms with Crippen LogP contribution in [0.2, 0.25) is 0 Å². The van der Waals surface area contributed by atoms with Gasteiger partial charge in [0.2, 0.25) is 0 Å². The van der Waals surface area contributed by atoms with Crippen molar-refractivity contribution in [1.82, 2.24) is 20.4 Å². The van der Waals surface area contributed by atoms with Crippen LogP contribution < -0.4 is 5.32 Å². The van der Waals surface area contributed by atoms with E-state index in [2.05, 4.69) is 15.5 Å². The van der Waals surface area contributed by atoms with E-state index < -0.39 is 0 Å². The molecule has 0 radical (unpaired) electrons. The molecule has 1 unspecified atom stereocenters. The van der Waals surface area contributed by atoms with Crippen molar-refractivity contribution in [3.63, 3.8) is 0 Å². The number of hydrogen-bond acceptors (Lipinski definition) is 6. The first-order valence-electron chi connectivity index (χ1n) is 10.9. The van der Waals surface area contributed by atoms with Crippen LogP contribution in [0, 0.1) is 18.3 Å². The Morgan fingerprint density at radius 1 is 1.32 bits per heavy atom. The van der Waals surface area contributed by atoms with E-state index in [1.807, 2.05) is 17.9 Å². The summed E-state index contributed by atoms with van der Waals surface area (Å²) < 4.78 is 10.8. The predicted octanol–water partition coefficient (Wildman–Crippen LogP) is 3.36. The molecule has 3 aromatic rings. The molecule has 1 atom stereocenters. The van der Waals surface area contributed by atoms with Crippen LogP contribution >= 0.6 is 0 Å². The number of carbonyl (C=O) groups excluding carboxylic acids is 2. The average Bonchev–Trinajstić information content (AvgIpc) is 3.12. The molecule has 0 aromatic carbocycles. The average molecular weight is 422 g/mol. The van der Waals surface area contributed by atoms with Crippen molar-refractivity contribution in [3.8, 4) is 0 Å². The molecule has 3 aromatic heterocycles. The highest BCUT2D eigenvalue weighted by Gasteiger charge is 2.55. The minimum Gasteiger partial charge on any atom is -0.449 e. The molecule has 2 aliphatic rings. The summed E-state index contributed by atoms with van der Waals surface area (Å²) >= 11 is 0. The highest BCUT2D eigenvalue weighted by atomic mass is 16.5. The van der Waals surface area contributed by atoms with Gasteiger partial charge in [0.1, 0.15) is 11.3 Å². The predicted molar refractivity (Wildman–Crippen MR) is 113 cm³/mol. The van der Waals surface area contributed by atoms with E-state index in [1.54, 1.807) is 25.4 Å². The van der Waals surface area contributed by atoms with Gasteiger partial charge in [0.25, 0.3) is 11.8 Å². The van der Waals surface area contributed by atoms with E-state index in [4.69, 9.17) is 8.94 Å². The number of carbonyl (C=O) groups is 2. The summed E-state index contributed by atoms with van der Waals surface area (Å²) in [5.74, 6) is 1.18. The molecule has 2 amide bonds. The second-order valence-corrected chi connectivity index (χ2v) is 8.70. The number of nitrogens with zero attached hydrogens (tertiary/aromatic N) is 3. The highest BCUT2D eigenvalue weighted by Crippen LogP contribution is 2.59. The summed E-state index contributed by atoms with van der Waals surface area (Å²) in [7, 11) is 0. The third kappa shape index (κ3) is 3.49. The Hall–Kier alpha value is -3.16. The van der Waals surface area contributed by atoms with Crippen molar-refractivity contribution in [2.45, 2.75) is 39.5 Å². The third-order valence-corrected chi connectivity index (χ3v) is 6.94. The number of furan rings is 1. The first kappa shape index (κ1) is 19.8. The molecule has 1 aliphatic heterocycles. The Morgan fingerprint density at radius 3 is 2.87 bits per heavy atom. The fourth-order valence-corrected chi connectivity index (χ4v) is 4.88. The standard InChI is InChI=1S/C23H26N4O4/c1-3-17-20(14(2)31-26-17)22(29)27-8-5-23(6-9-27)11-16(23)12-25-21(28)18-10-15-4-7-24-13-19(15)30-18/h4,7,10,13,16H,3,5-6,8-9,11-12H2,1-2H3,(H,25,28). The fourth-order valence-electron chi connectivity index (χ4n) is 4.88. The normalized spacial score (nSPS) is 19.7. The molecule has 1 spiro atoms. The maximum Gasteiger partial charge on any atom is 0.287 e. The SMILES string of the molecule is CCc1noc(C)c1C(=O)N1CCC2(CC1)CC2CNC(=O)c1cc2ccncc2o1. The van der Waals surface area contributed by atoms with Crippen molar-refractivity contribution < 1.29 is 18.5 Å². The minimum atomic E-state index is -0.194. The smallest absolute Gasteiger partial charge is 0.287 e. The molecule has 2 fully saturated rings. The lowest BCUT2D eigenvalue weighted by Gasteiger charge is -2.33. The molecule has 1 saturated carbocycles. The quantitative estimate of drug-likeness (QED) is 0.677. The van der Waals surface area contributed by atoms with Gasteiger partial charge in [-0.3, -0.25) is 14.6 Å². The van der Waals surface area contributed by atoms with Crippen LogP contribution in [-0.2, 0) is 6.42 Å². The van der Waals surface area contributed by atoms with Crippen molar-refractivity contribution in [1.29, 1.82) is 0 Å². The molecule has 1 N–H and O–H groups in total. The Kier molecular flexibility index (Phi) is 4.79. The van der Waals surface area contributed by atoms with Gasteiger partial charge < -0.3 is 19.2 Å². The van der Waals surface area contributed by atoms with Gasteiger partial charge in [-0.15, -0.1) is 0 Å². The number of likely N-dealkylation sites (tertiary alicyclic amines) is 1. The van der Waals surface area contributed by atoms with Crippen LogP contribution in [0.15, 0.2) is 33.5 Å². The summed E-state index contributed by atoms with van der Waals surface area (Å²) in [6, 6.07) is 3.57. The van der Waals surface area contributed by atoms with Crippen LogP contribution in [0.1, 0.15) is 58.6 Å². The lowest BCUT2D eigenvalue weighted by Crippen LogP contribution is -2.40. The van der Waals surface area contributed by atoms with Crippen molar-refractivity contribution >= 4 is 22.8 Å². The molecular weight excluding hydrogens is 396 g/mol. The number of amides is 2. The lowest BCUT2D eigenvalue weighted by molar-refractivity contribution is 0.0666. The number of piperidine rings is 1. The van der Waals surface area contributed by atoms with Gasteiger partial charge in [-0.05, 0) is 56.1 Å². The number of rotatable bonds is 5. The summed E-state index contributed by atoms with van der Waals surface area (Å²) in [6.07, 6.45) is 6.98. The van der Waals surface area contributed by atoms with Gasteiger partial charge >= 0.3 is 0 Å². The van der Waals surface area contributed by atoms with E-state index in [-0.39, 0.29) is 17.2 Å². The zero-order chi connectivity index (χ0) is 21.6. The Labute approximate surface area is 180 Å². The first-order valence-corrected chi connectivity index (χ1v) is 10.9. The molecule has 0 bridgehead atoms. The minimum absolute atomic E-state index is 0.0235. The maximum absolute atomic E-state index is 13.0. The maximum atomic E-state index is 13.0. The molecule has 1 aliphatic carbocycles. The number of aryl methyl sites for hydroxylation is 2. The second-order valence-electron chi connectivity index (χ2n) is 8.70. The molecule has 4 heterocycles. The number of nitrogens with one attached hydrogen (secondary N) is 1. The summed E-state index contributed by atoms with van der Waals surface area (Å²) in [4.78, 5) is 31.4. The van der Waals surface area contributed by atoms with E-state index in [9.17, 15) is 9.59 Å². The molecule has 8 heteroatoms. The lowest BCUT2D eigenvalue weighted by atomic mass is 9.90. The molecule has 8 nitrogen and oxygen atoms in total. The van der Waals surface area contributed by atoms with E-state index in [1.165, 1.54) is 0 Å². The van der Waals surface area contributed by atoms with Gasteiger partial charge in [-0.2, -0.15) is 0 Å². The van der Waals surface area contributed by atoms with E-state index in [0.29, 0.717) is 41.6 Å². The van der Waals surface area contributed by atoms with Crippen LogP contribution in [-0.4, -0.2) is 46.5 Å². The highest BCUT2D eigenvalue weighted by molar-refractivity contribution is 5.96. The van der Waals surface area contributed by atoms with Crippen molar-refractivity contribution in [3.05, 3.63) is 47.3 Å². The monoisotopic (exact) mass is 422 g/mol. The third-order valence-electron chi connectivity index (χ3n) is 6.94. The molecule has 5 rings (SSSR count). The Morgan fingerprint density at radius 2 is 2.13 bits per heavy atom. The molecule has 162 valence electrons. The van der Waals surface area contributed by atoms with Gasteiger partial charge in [-0.1, -0.05) is 12.1 Å². The summed E-state index contributed by atoms with van der Waals surface area (Å²) in [5, 5.41) is 7.90. The fraction of sp³-hybridized carbons (Fsp3) is 0.478. The second kappa shape index (κ2) is 7.51. The number of hydrogen-bond donors (Lipinski definition) is 1. The Balaban J connectivity index is 1.15. The van der Waals surface area contributed by atoms with Crippen molar-refractivity contribution in [2.24, 2.45) is 11.3 Å². The van der Waals surface area contributed by atoms with Crippen LogP contribution in [0.4, 0.5) is 0 Å². The van der Waals surface area contributed by atoms with Crippen LogP contribution in [0.3, 0.4) is 0 Å². The number of pyridine rings is 1. The number of aromatic nitrogens is 2. The van der Waals surface area contributed by atoms with Gasteiger partial charge in [0.05, 0.1) is 11.9 Å². The molecule has 1 saturated heterocycles.